The predicted octanol–water partition coefficient (Wildman–Crippen LogP) is 3.31. The van der Waals surface area contributed by atoms with E-state index in [1.165, 1.54) is 37.9 Å². The minimum atomic E-state index is 0. The van der Waals surface area contributed by atoms with Crippen molar-refractivity contribution < 1.29 is 0 Å². The van der Waals surface area contributed by atoms with Gasteiger partial charge in [0, 0.05) is 37.7 Å². The lowest BCUT2D eigenvalue weighted by Crippen LogP contribution is -2.45. The molecule has 27 heavy (non-hydrogen) atoms. The van der Waals surface area contributed by atoms with Crippen molar-refractivity contribution in [3.63, 3.8) is 0 Å². The average molecular weight is 506 g/mol. The molecule has 0 amide bonds. The van der Waals surface area contributed by atoms with Crippen molar-refractivity contribution in [1.29, 1.82) is 0 Å². The summed E-state index contributed by atoms with van der Waals surface area (Å²) in [5, 5.41) is 4.38. The summed E-state index contributed by atoms with van der Waals surface area (Å²) in [7, 11) is 6.12. The number of guanidine groups is 1. The van der Waals surface area contributed by atoms with Crippen molar-refractivity contribution in [3.05, 3.63) is 34.9 Å². The molecule has 2 atom stereocenters. The Morgan fingerprint density at radius 3 is 2.48 bits per heavy atom. The Bertz CT molecular complexity index is 601. The van der Waals surface area contributed by atoms with Crippen LogP contribution in [0.15, 0.2) is 29.3 Å². The first-order valence-electron chi connectivity index (χ1n) is 9.70. The summed E-state index contributed by atoms with van der Waals surface area (Å²) in [4.78, 5) is 11.9. The van der Waals surface area contributed by atoms with Crippen LogP contribution in [0.2, 0.25) is 5.02 Å². The fourth-order valence-electron chi connectivity index (χ4n) is 4.14. The van der Waals surface area contributed by atoms with Crippen LogP contribution < -0.4 is 5.32 Å². The smallest absolute Gasteiger partial charge is 0.193 e. The number of likely N-dealkylation sites (tertiary alicyclic amines) is 2. The first kappa shape index (κ1) is 22.7. The summed E-state index contributed by atoms with van der Waals surface area (Å²) in [5.41, 5.74) is 1.26. The minimum absolute atomic E-state index is 0. The second kappa shape index (κ2) is 10.8. The molecule has 1 aromatic carbocycles. The van der Waals surface area contributed by atoms with Gasteiger partial charge >= 0.3 is 0 Å². The van der Waals surface area contributed by atoms with E-state index < -0.39 is 0 Å². The molecule has 2 heterocycles. The molecule has 0 aromatic heterocycles. The number of aliphatic imine (C=N–C) groups is 1. The van der Waals surface area contributed by atoms with Gasteiger partial charge in [0.15, 0.2) is 5.96 Å². The van der Waals surface area contributed by atoms with Crippen molar-refractivity contribution in [3.8, 4) is 0 Å². The number of hydrogen-bond donors (Lipinski definition) is 1. The largest absolute Gasteiger partial charge is 0.354 e. The highest BCUT2D eigenvalue weighted by Gasteiger charge is 2.30. The third-order valence-corrected chi connectivity index (χ3v) is 5.92. The zero-order valence-electron chi connectivity index (χ0n) is 16.7. The molecule has 5 nitrogen and oxygen atoms in total. The molecule has 1 aromatic rings. The Labute approximate surface area is 186 Å². The molecule has 2 fully saturated rings. The van der Waals surface area contributed by atoms with E-state index in [1.807, 2.05) is 19.2 Å². The van der Waals surface area contributed by atoms with Crippen molar-refractivity contribution in [1.82, 2.24) is 20.0 Å². The standard InChI is InChI=1S/C20H32ClN5.HI/c1-22-20(26-13-10-18(15-26)25-11-4-5-12-25)23-14-19(24(2)3)16-6-8-17(21)9-7-16;/h6-9,18-19H,4-5,10-15H2,1-3H3,(H,22,23);1H. The zero-order chi connectivity index (χ0) is 18.5. The van der Waals surface area contributed by atoms with Gasteiger partial charge in [0.25, 0.3) is 0 Å². The Hall–Kier alpha value is -0.570. The van der Waals surface area contributed by atoms with Gasteiger partial charge in [-0.05, 0) is 64.1 Å². The highest BCUT2D eigenvalue weighted by Crippen LogP contribution is 2.22. The highest BCUT2D eigenvalue weighted by atomic mass is 127. The monoisotopic (exact) mass is 505 g/mol. The van der Waals surface area contributed by atoms with Gasteiger partial charge in [-0.2, -0.15) is 0 Å². The van der Waals surface area contributed by atoms with Gasteiger partial charge < -0.3 is 15.1 Å². The van der Waals surface area contributed by atoms with E-state index in [1.54, 1.807) is 0 Å². The van der Waals surface area contributed by atoms with Crippen molar-refractivity contribution >= 4 is 41.5 Å². The summed E-state index contributed by atoms with van der Waals surface area (Å²) in [6.45, 7) is 5.54. The zero-order valence-corrected chi connectivity index (χ0v) is 19.8. The van der Waals surface area contributed by atoms with E-state index in [2.05, 4.69) is 51.2 Å². The number of likely N-dealkylation sites (N-methyl/N-ethyl adjacent to an activating group) is 1. The van der Waals surface area contributed by atoms with Crippen molar-refractivity contribution in [2.75, 3.05) is 53.9 Å². The topological polar surface area (TPSA) is 34.1 Å². The molecule has 1 N–H and O–H groups in total. The van der Waals surface area contributed by atoms with Crippen LogP contribution in [0.3, 0.4) is 0 Å². The lowest BCUT2D eigenvalue weighted by atomic mass is 10.1. The van der Waals surface area contributed by atoms with Crippen LogP contribution in [0.5, 0.6) is 0 Å². The first-order valence-corrected chi connectivity index (χ1v) is 10.1. The molecular weight excluding hydrogens is 473 g/mol. The second-order valence-corrected chi connectivity index (χ2v) is 8.03. The third kappa shape index (κ3) is 5.95. The van der Waals surface area contributed by atoms with Crippen molar-refractivity contribution in [2.45, 2.75) is 31.3 Å². The molecular formula is C20H33ClIN5. The van der Waals surface area contributed by atoms with E-state index in [0.29, 0.717) is 6.04 Å². The fourth-order valence-corrected chi connectivity index (χ4v) is 4.27. The molecule has 0 aliphatic carbocycles. The first-order chi connectivity index (χ1) is 12.6. The van der Waals surface area contributed by atoms with Gasteiger partial charge in [-0.1, -0.05) is 23.7 Å². The number of nitrogens with one attached hydrogen (secondary N) is 1. The Kier molecular flexibility index (Phi) is 9.11. The minimum Gasteiger partial charge on any atom is -0.354 e. The van der Waals surface area contributed by atoms with E-state index in [9.17, 15) is 0 Å². The molecule has 0 bridgehead atoms. The van der Waals surface area contributed by atoms with Crippen LogP contribution in [0.1, 0.15) is 30.9 Å². The van der Waals surface area contributed by atoms with Crippen LogP contribution in [0, 0.1) is 0 Å². The number of hydrogen-bond acceptors (Lipinski definition) is 3. The third-order valence-electron chi connectivity index (χ3n) is 5.66. The second-order valence-electron chi connectivity index (χ2n) is 7.59. The summed E-state index contributed by atoms with van der Waals surface area (Å²) in [5.74, 6) is 1.02. The van der Waals surface area contributed by atoms with Gasteiger partial charge in [-0.3, -0.25) is 9.89 Å². The SMILES string of the molecule is CN=C(NCC(c1ccc(Cl)cc1)N(C)C)N1CCC(N2CCCC2)C1.I. The Morgan fingerprint density at radius 1 is 1.22 bits per heavy atom. The lowest BCUT2D eigenvalue weighted by molar-refractivity contribution is 0.248. The van der Waals surface area contributed by atoms with E-state index in [0.717, 1.165) is 30.6 Å². The Morgan fingerprint density at radius 2 is 1.89 bits per heavy atom. The molecule has 2 aliphatic rings. The molecule has 0 spiro atoms. The normalized spacial score (nSPS) is 22.2. The van der Waals surface area contributed by atoms with Crippen LogP contribution in [-0.4, -0.2) is 80.6 Å². The summed E-state index contributed by atoms with van der Waals surface area (Å²) in [6.07, 6.45) is 3.96. The number of halogens is 2. The van der Waals surface area contributed by atoms with Crippen molar-refractivity contribution in [2.24, 2.45) is 4.99 Å². The summed E-state index contributed by atoms with van der Waals surface area (Å²) >= 11 is 6.04. The van der Waals surface area contributed by atoms with E-state index in [-0.39, 0.29) is 30.0 Å². The van der Waals surface area contributed by atoms with Gasteiger partial charge in [0.1, 0.15) is 0 Å². The highest BCUT2D eigenvalue weighted by molar-refractivity contribution is 14.0. The summed E-state index contributed by atoms with van der Waals surface area (Å²) < 4.78 is 0. The van der Waals surface area contributed by atoms with E-state index >= 15 is 0 Å². The maximum absolute atomic E-state index is 6.04. The number of rotatable bonds is 5. The molecule has 7 heteroatoms. The van der Waals surface area contributed by atoms with Gasteiger partial charge in [-0.25, -0.2) is 0 Å². The molecule has 3 rings (SSSR count). The predicted molar refractivity (Wildman–Crippen MR) is 125 cm³/mol. The van der Waals surface area contributed by atoms with Crippen LogP contribution in [0.4, 0.5) is 0 Å². The lowest BCUT2D eigenvalue weighted by Gasteiger charge is -2.29. The molecule has 0 radical (unpaired) electrons. The van der Waals surface area contributed by atoms with Crippen LogP contribution >= 0.6 is 35.6 Å². The van der Waals surface area contributed by atoms with Gasteiger partial charge in [-0.15, -0.1) is 24.0 Å². The van der Waals surface area contributed by atoms with Crippen LogP contribution in [0.25, 0.3) is 0 Å². The molecule has 2 saturated heterocycles. The molecule has 0 saturated carbocycles. The summed E-state index contributed by atoms with van der Waals surface area (Å²) in [6, 6.07) is 9.11. The number of benzene rings is 1. The van der Waals surface area contributed by atoms with E-state index in [4.69, 9.17) is 11.6 Å². The maximum Gasteiger partial charge on any atom is 0.193 e. The quantitative estimate of drug-likeness (QED) is 0.378. The number of nitrogens with zero attached hydrogens (tertiary/aromatic N) is 4. The fraction of sp³-hybridized carbons (Fsp3) is 0.650. The average Bonchev–Trinajstić information content (AvgIpc) is 3.31. The van der Waals surface area contributed by atoms with Crippen LogP contribution in [-0.2, 0) is 0 Å². The molecule has 152 valence electrons. The molecule has 2 unspecified atom stereocenters. The van der Waals surface area contributed by atoms with Gasteiger partial charge in [0.05, 0.1) is 6.04 Å². The van der Waals surface area contributed by atoms with Gasteiger partial charge in [0.2, 0.25) is 0 Å². The molecule has 2 aliphatic heterocycles. The maximum atomic E-state index is 6.04. The Balaban J connectivity index is 0.00000261.